The Morgan fingerprint density at radius 3 is 2.63 bits per heavy atom. The van der Waals surface area contributed by atoms with Crippen molar-refractivity contribution < 1.29 is 14.3 Å². The number of urea groups is 1. The van der Waals surface area contributed by atoms with Crippen LogP contribution in [0.4, 0.5) is 10.5 Å². The zero-order valence-corrected chi connectivity index (χ0v) is 16.9. The van der Waals surface area contributed by atoms with E-state index in [4.69, 9.17) is 4.74 Å². The van der Waals surface area contributed by atoms with Gasteiger partial charge in [-0.05, 0) is 43.4 Å². The summed E-state index contributed by atoms with van der Waals surface area (Å²) in [5, 5.41) is 2.98. The number of aryl methyl sites for hydroxylation is 1. The molecule has 1 aromatic carbocycles. The third kappa shape index (κ3) is 4.37. The maximum absolute atomic E-state index is 12.7. The summed E-state index contributed by atoms with van der Waals surface area (Å²) in [5.74, 6) is 1.42. The lowest BCUT2D eigenvalue weighted by molar-refractivity contribution is -0.128. The van der Waals surface area contributed by atoms with Crippen molar-refractivity contribution in [2.75, 3.05) is 38.6 Å². The molecule has 27 heavy (non-hydrogen) atoms. The number of likely N-dealkylation sites (tertiary alicyclic amines) is 2. The third-order valence-electron chi connectivity index (χ3n) is 5.70. The number of ether oxygens (including phenoxy) is 1. The largest absolute Gasteiger partial charge is 0.495 e. The monoisotopic (exact) mass is 373 g/mol. The van der Waals surface area contributed by atoms with Crippen LogP contribution in [0.3, 0.4) is 0 Å². The Labute approximate surface area is 161 Å². The Hall–Kier alpha value is -2.24. The summed E-state index contributed by atoms with van der Waals surface area (Å²) in [4.78, 5) is 28.9. The number of methoxy groups -OCH3 is 1. The van der Waals surface area contributed by atoms with Crippen molar-refractivity contribution in [3.05, 3.63) is 23.8 Å². The number of carbonyl (C=O) groups excluding carboxylic acids is 2. The molecule has 3 amide bonds. The molecular weight excluding hydrogens is 342 g/mol. The molecule has 2 saturated heterocycles. The lowest BCUT2D eigenvalue weighted by Gasteiger charge is -2.38. The number of rotatable bonds is 4. The molecule has 0 saturated carbocycles. The number of amides is 3. The van der Waals surface area contributed by atoms with Crippen molar-refractivity contribution in [1.82, 2.24) is 9.80 Å². The molecule has 1 N–H and O–H groups in total. The summed E-state index contributed by atoms with van der Waals surface area (Å²) in [6, 6.07) is 5.64. The maximum atomic E-state index is 12.7. The molecule has 0 aliphatic carbocycles. The first-order valence-electron chi connectivity index (χ1n) is 9.80. The molecule has 0 unspecified atom stereocenters. The third-order valence-corrected chi connectivity index (χ3v) is 5.70. The number of carbonyl (C=O) groups is 2. The van der Waals surface area contributed by atoms with Crippen LogP contribution in [-0.2, 0) is 4.79 Å². The lowest BCUT2D eigenvalue weighted by atomic mass is 9.77. The molecule has 3 rings (SSSR count). The number of anilines is 1. The van der Waals surface area contributed by atoms with Gasteiger partial charge < -0.3 is 19.9 Å². The predicted octanol–water partition coefficient (Wildman–Crippen LogP) is 3.51. The topological polar surface area (TPSA) is 61.9 Å². The summed E-state index contributed by atoms with van der Waals surface area (Å²) >= 11 is 0. The van der Waals surface area contributed by atoms with E-state index in [1.54, 1.807) is 7.11 Å². The molecule has 1 aromatic rings. The second-order valence-corrected chi connectivity index (χ2v) is 8.47. The minimum Gasteiger partial charge on any atom is -0.495 e. The summed E-state index contributed by atoms with van der Waals surface area (Å²) < 4.78 is 5.34. The SMILES string of the molecule is COc1ccc(C)cc1NC(=O)N1CCC2(CC1)CC(=O)N(CC(C)C)C2. The molecular formula is C21H31N3O3. The fraction of sp³-hybridized carbons (Fsp3) is 0.619. The molecule has 1 spiro atoms. The van der Waals surface area contributed by atoms with Crippen molar-refractivity contribution in [3.8, 4) is 5.75 Å². The molecule has 2 aliphatic heterocycles. The lowest BCUT2D eigenvalue weighted by Crippen LogP contribution is -2.46. The first-order chi connectivity index (χ1) is 12.8. The highest BCUT2D eigenvalue weighted by molar-refractivity contribution is 5.91. The van der Waals surface area contributed by atoms with Crippen LogP contribution in [-0.4, -0.2) is 55.0 Å². The van der Waals surface area contributed by atoms with Crippen LogP contribution in [0, 0.1) is 18.3 Å². The average molecular weight is 373 g/mol. The Bertz CT molecular complexity index is 709. The van der Waals surface area contributed by atoms with Crippen molar-refractivity contribution in [2.45, 2.75) is 40.0 Å². The van der Waals surface area contributed by atoms with E-state index in [0.29, 0.717) is 36.9 Å². The molecule has 0 bridgehead atoms. The highest BCUT2D eigenvalue weighted by atomic mass is 16.5. The van der Waals surface area contributed by atoms with E-state index in [0.717, 1.165) is 31.5 Å². The van der Waals surface area contributed by atoms with Crippen LogP contribution in [0.1, 0.15) is 38.7 Å². The Balaban J connectivity index is 1.59. The van der Waals surface area contributed by atoms with Crippen LogP contribution >= 0.6 is 0 Å². The Morgan fingerprint density at radius 2 is 2.00 bits per heavy atom. The molecule has 148 valence electrons. The number of nitrogens with one attached hydrogen (secondary N) is 1. The van der Waals surface area contributed by atoms with Gasteiger partial charge in [-0.25, -0.2) is 4.79 Å². The highest BCUT2D eigenvalue weighted by Crippen LogP contribution is 2.41. The van der Waals surface area contributed by atoms with Gasteiger partial charge in [0.1, 0.15) is 5.75 Å². The van der Waals surface area contributed by atoms with Gasteiger partial charge >= 0.3 is 6.03 Å². The molecule has 0 radical (unpaired) electrons. The standard InChI is InChI=1S/C21H31N3O3/c1-15(2)13-24-14-21(12-19(24)25)7-9-23(10-8-21)20(26)22-17-11-16(3)5-6-18(17)27-4/h5-6,11,15H,7-10,12-14H2,1-4H3,(H,22,26). The van der Waals surface area contributed by atoms with Gasteiger partial charge in [0.05, 0.1) is 12.8 Å². The molecule has 0 aromatic heterocycles. The normalized spacial score (nSPS) is 19.1. The van der Waals surface area contributed by atoms with Gasteiger partial charge in [-0.15, -0.1) is 0 Å². The molecule has 2 aliphatic rings. The fourth-order valence-corrected chi connectivity index (χ4v) is 4.22. The zero-order valence-electron chi connectivity index (χ0n) is 16.9. The van der Waals surface area contributed by atoms with E-state index in [1.165, 1.54) is 0 Å². The second kappa shape index (κ2) is 7.79. The van der Waals surface area contributed by atoms with E-state index in [2.05, 4.69) is 19.2 Å². The van der Waals surface area contributed by atoms with Gasteiger partial charge in [-0.3, -0.25) is 4.79 Å². The Morgan fingerprint density at radius 1 is 1.30 bits per heavy atom. The van der Waals surface area contributed by atoms with E-state index in [9.17, 15) is 9.59 Å². The van der Waals surface area contributed by atoms with Crippen LogP contribution < -0.4 is 10.1 Å². The van der Waals surface area contributed by atoms with Crippen LogP contribution in [0.5, 0.6) is 5.75 Å². The first-order valence-corrected chi connectivity index (χ1v) is 9.80. The molecule has 6 nitrogen and oxygen atoms in total. The zero-order chi connectivity index (χ0) is 19.6. The number of hydrogen-bond acceptors (Lipinski definition) is 3. The van der Waals surface area contributed by atoms with Crippen LogP contribution in [0.15, 0.2) is 18.2 Å². The minimum absolute atomic E-state index is 0.0454. The van der Waals surface area contributed by atoms with Gasteiger partial charge in [-0.2, -0.15) is 0 Å². The molecule has 2 fully saturated rings. The fourth-order valence-electron chi connectivity index (χ4n) is 4.22. The van der Waals surface area contributed by atoms with E-state index in [-0.39, 0.29) is 17.4 Å². The summed E-state index contributed by atoms with van der Waals surface area (Å²) in [6.45, 7) is 9.31. The molecule has 2 heterocycles. The van der Waals surface area contributed by atoms with Gasteiger partial charge in [-0.1, -0.05) is 19.9 Å². The predicted molar refractivity (Wildman–Crippen MR) is 106 cm³/mol. The first kappa shape index (κ1) is 19.5. The van der Waals surface area contributed by atoms with Crippen molar-refractivity contribution in [2.24, 2.45) is 11.3 Å². The number of benzene rings is 1. The Kier molecular flexibility index (Phi) is 5.63. The van der Waals surface area contributed by atoms with E-state index < -0.39 is 0 Å². The van der Waals surface area contributed by atoms with Gasteiger partial charge in [0.15, 0.2) is 0 Å². The highest BCUT2D eigenvalue weighted by Gasteiger charge is 2.45. The van der Waals surface area contributed by atoms with Crippen molar-refractivity contribution in [3.63, 3.8) is 0 Å². The molecule has 0 atom stereocenters. The minimum atomic E-state index is -0.0999. The summed E-state index contributed by atoms with van der Waals surface area (Å²) in [5.41, 5.74) is 1.81. The number of hydrogen-bond donors (Lipinski definition) is 1. The average Bonchev–Trinajstić information content (AvgIpc) is 2.90. The second-order valence-electron chi connectivity index (χ2n) is 8.47. The maximum Gasteiger partial charge on any atom is 0.321 e. The summed E-state index contributed by atoms with van der Waals surface area (Å²) in [7, 11) is 1.60. The van der Waals surface area contributed by atoms with Crippen molar-refractivity contribution >= 4 is 17.6 Å². The number of nitrogens with zero attached hydrogens (tertiary/aromatic N) is 2. The van der Waals surface area contributed by atoms with Gasteiger partial charge in [0, 0.05) is 38.0 Å². The smallest absolute Gasteiger partial charge is 0.321 e. The van der Waals surface area contributed by atoms with E-state index >= 15 is 0 Å². The van der Waals surface area contributed by atoms with Crippen LogP contribution in [0.25, 0.3) is 0 Å². The van der Waals surface area contributed by atoms with Crippen LogP contribution in [0.2, 0.25) is 0 Å². The summed E-state index contributed by atoms with van der Waals surface area (Å²) in [6.07, 6.45) is 2.39. The van der Waals surface area contributed by atoms with Gasteiger partial charge in [0.25, 0.3) is 0 Å². The van der Waals surface area contributed by atoms with Gasteiger partial charge in [0.2, 0.25) is 5.91 Å². The van der Waals surface area contributed by atoms with Crippen molar-refractivity contribution in [1.29, 1.82) is 0 Å². The quantitative estimate of drug-likeness (QED) is 0.879. The number of piperidine rings is 1. The molecule has 6 heteroatoms. The van der Waals surface area contributed by atoms with E-state index in [1.807, 2.05) is 34.9 Å².